The minimum absolute atomic E-state index is 0.186. The van der Waals surface area contributed by atoms with Crippen molar-refractivity contribution in [3.63, 3.8) is 0 Å². The first-order valence-electron chi connectivity index (χ1n) is 9.45. The monoisotopic (exact) mass is 366 g/mol. The summed E-state index contributed by atoms with van der Waals surface area (Å²) < 4.78 is 16.7. The second-order valence-electron chi connectivity index (χ2n) is 6.62. The van der Waals surface area contributed by atoms with Gasteiger partial charge in [0.2, 0.25) is 6.79 Å². The van der Waals surface area contributed by atoms with E-state index in [1.165, 1.54) is 16.7 Å². The van der Waals surface area contributed by atoms with E-state index in [9.17, 15) is 0 Å². The number of rotatable bonds is 12. The predicted octanol–water partition coefficient (Wildman–Crippen LogP) is 6.09. The molecule has 0 unspecified atom stereocenters. The molecule has 0 saturated heterocycles. The third-order valence-corrected chi connectivity index (χ3v) is 4.18. The number of allylic oxidation sites excluding steroid dienone is 2. The van der Waals surface area contributed by atoms with Crippen molar-refractivity contribution in [3.8, 4) is 11.5 Å². The van der Waals surface area contributed by atoms with Crippen LogP contribution in [0.5, 0.6) is 11.5 Å². The standard InChI is InChI=1S/C24H30O3/c1-5-25-20(4)7-9-22-12-16-24(17-13-22)27-18-26-23-14-10-21(11-15-23)8-6-19(2)3/h10-17H,2,4-9,18H2,1,3H3. The van der Waals surface area contributed by atoms with Gasteiger partial charge in [-0.15, -0.1) is 6.58 Å². The van der Waals surface area contributed by atoms with Gasteiger partial charge in [-0.05, 0) is 68.5 Å². The lowest BCUT2D eigenvalue weighted by atomic mass is 10.1. The molecule has 0 N–H and O–H groups in total. The molecule has 144 valence electrons. The SMILES string of the molecule is C=C(C)CCc1ccc(OCOc2ccc(CCC(=C)OCC)cc2)cc1. The minimum Gasteiger partial charge on any atom is -0.499 e. The summed E-state index contributed by atoms with van der Waals surface area (Å²) in [6, 6.07) is 16.2. The van der Waals surface area contributed by atoms with Gasteiger partial charge in [0, 0.05) is 6.42 Å². The highest BCUT2D eigenvalue weighted by Gasteiger charge is 2.00. The molecule has 3 heteroatoms. The highest BCUT2D eigenvalue weighted by Crippen LogP contribution is 2.17. The van der Waals surface area contributed by atoms with Crippen LogP contribution in [0.2, 0.25) is 0 Å². The van der Waals surface area contributed by atoms with Crippen LogP contribution in [0.4, 0.5) is 0 Å². The molecule has 2 aromatic carbocycles. The fourth-order valence-corrected chi connectivity index (χ4v) is 2.59. The van der Waals surface area contributed by atoms with Crippen molar-refractivity contribution < 1.29 is 14.2 Å². The van der Waals surface area contributed by atoms with E-state index in [4.69, 9.17) is 14.2 Å². The van der Waals surface area contributed by atoms with Gasteiger partial charge < -0.3 is 14.2 Å². The number of ether oxygens (including phenoxy) is 3. The van der Waals surface area contributed by atoms with Crippen LogP contribution >= 0.6 is 0 Å². The first-order chi connectivity index (χ1) is 13.1. The Labute approximate surface area is 163 Å². The van der Waals surface area contributed by atoms with Crippen LogP contribution in [0.25, 0.3) is 0 Å². The van der Waals surface area contributed by atoms with E-state index in [1.807, 2.05) is 31.2 Å². The summed E-state index contributed by atoms with van der Waals surface area (Å²) in [5.74, 6) is 2.43. The summed E-state index contributed by atoms with van der Waals surface area (Å²) in [5.41, 5.74) is 3.72. The first-order valence-corrected chi connectivity index (χ1v) is 9.45. The summed E-state index contributed by atoms with van der Waals surface area (Å²) in [5, 5.41) is 0. The molecule has 0 aliphatic rings. The van der Waals surface area contributed by atoms with Crippen LogP contribution in [-0.4, -0.2) is 13.4 Å². The van der Waals surface area contributed by atoms with Gasteiger partial charge in [-0.3, -0.25) is 0 Å². The fourth-order valence-electron chi connectivity index (χ4n) is 2.59. The summed E-state index contributed by atoms with van der Waals surface area (Å²) in [6.45, 7) is 12.7. The van der Waals surface area contributed by atoms with Gasteiger partial charge in [0.1, 0.15) is 11.5 Å². The van der Waals surface area contributed by atoms with E-state index in [2.05, 4.69) is 44.3 Å². The van der Waals surface area contributed by atoms with Crippen molar-refractivity contribution in [2.24, 2.45) is 0 Å². The molecule has 0 aromatic heterocycles. The van der Waals surface area contributed by atoms with Gasteiger partial charge in [0.15, 0.2) is 0 Å². The highest BCUT2D eigenvalue weighted by molar-refractivity contribution is 5.29. The van der Waals surface area contributed by atoms with Crippen molar-refractivity contribution >= 4 is 0 Å². The van der Waals surface area contributed by atoms with E-state index >= 15 is 0 Å². The zero-order valence-electron chi connectivity index (χ0n) is 16.5. The van der Waals surface area contributed by atoms with E-state index in [1.54, 1.807) is 0 Å². The van der Waals surface area contributed by atoms with Gasteiger partial charge in [0.25, 0.3) is 0 Å². The Balaban J connectivity index is 1.72. The fraction of sp³-hybridized carbons (Fsp3) is 0.333. The lowest BCUT2D eigenvalue weighted by Gasteiger charge is -2.10. The number of aryl methyl sites for hydroxylation is 2. The molecule has 3 nitrogen and oxygen atoms in total. The molecule has 0 aliphatic carbocycles. The average molecular weight is 367 g/mol. The molecule has 0 spiro atoms. The minimum atomic E-state index is 0.186. The topological polar surface area (TPSA) is 27.7 Å². The zero-order valence-corrected chi connectivity index (χ0v) is 16.5. The van der Waals surface area contributed by atoms with E-state index in [0.29, 0.717) is 6.61 Å². The largest absolute Gasteiger partial charge is 0.499 e. The summed E-state index contributed by atoms with van der Waals surface area (Å²) in [6.07, 6.45) is 3.77. The van der Waals surface area contributed by atoms with Gasteiger partial charge >= 0.3 is 0 Å². The van der Waals surface area contributed by atoms with Gasteiger partial charge in [-0.1, -0.05) is 36.4 Å². The molecular weight excluding hydrogens is 336 g/mol. The molecule has 2 aromatic rings. The number of hydrogen-bond donors (Lipinski definition) is 0. The van der Waals surface area contributed by atoms with E-state index in [0.717, 1.165) is 42.9 Å². The van der Waals surface area contributed by atoms with Crippen LogP contribution in [0.1, 0.15) is 37.8 Å². The third-order valence-electron chi connectivity index (χ3n) is 4.18. The Bertz CT molecular complexity index is 714. The molecular formula is C24H30O3. The summed E-state index contributed by atoms with van der Waals surface area (Å²) in [7, 11) is 0. The Hall–Kier alpha value is -2.68. The van der Waals surface area contributed by atoms with E-state index in [-0.39, 0.29) is 6.79 Å². The van der Waals surface area contributed by atoms with Crippen LogP contribution in [0.3, 0.4) is 0 Å². The van der Waals surface area contributed by atoms with Crippen LogP contribution < -0.4 is 9.47 Å². The number of hydrogen-bond acceptors (Lipinski definition) is 3. The molecule has 2 rings (SSSR count). The van der Waals surface area contributed by atoms with Gasteiger partial charge in [-0.2, -0.15) is 0 Å². The maximum Gasteiger partial charge on any atom is 0.230 e. The van der Waals surface area contributed by atoms with Gasteiger partial charge in [-0.25, -0.2) is 0 Å². The first kappa shape index (κ1) is 20.6. The second kappa shape index (κ2) is 11.1. The third kappa shape index (κ3) is 8.04. The van der Waals surface area contributed by atoms with Gasteiger partial charge in [0.05, 0.1) is 12.4 Å². The molecule has 0 saturated carbocycles. The molecule has 0 amide bonds. The van der Waals surface area contributed by atoms with Crippen LogP contribution in [-0.2, 0) is 17.6 Å². The normalized spacial score (nSPS) is 10.3. The summed E-state index contributed by atoms with van der Waals surface area (Å²) in [4.78, 5) is 0. The lowest BCUT2D eigenvalue weighted by Crippen LogP contribution is -2.05. The van der Waals surface area contributed by atoms with Crippen LogP contribution in [0, 0.1) is 0 Å². The Morgan fingerprint density at radius 2 is 1.26 bits per heavy atom. The molecule has 0 bridgehead atoms. The zero-order chi connectivity index (χ0) is 19.5. The molecule has 0 atom stereocenters. The van der Waals surface area contributed by atoms with Crippen molar-refractivity contribution in [3.05, 3.63) is 84.1 Å². The maximum absolute atomic E-state index is 5.66. The molecule has 0 fully saturated rings. The Kier molecular flexibility index (Phi) is 8.50. The van der Waals surface area contributed by atoms with Crippen molar-refractivity contribution in [2.45, 2.75) is 39.5 Å². The Morgan fingerprint density at radius 1 is 0.778 bits per heavy atom. The van der Waals surface area contributed by atoms with Crippen LogP contribution in [0.15, 0.2) is 73.0 Å². The predicted molar refractivity (Wildman–Crippen MR) is 111 cm³/mol. The van der Waals surface area contributed by atoms with Crippen molar-refractivity contribution in [1.29, 1.82) is 0 Å². The quantitative estimate of drug-likeness (QED) is 0.258. The van der Waals surface area contributed by atoms with Crippen molar-refractivity contribution in [2.75, 3.05) is 13.4 Å². The average Bonchev–Trinajstić information content (AvgIpc) is 2.67. The van der Waals surface area contributed by atoms with E-state index < -0.39 is 0 Å². The lowest BCUT2D eigenvalue weighted by molar-refractivity contribution is 0.120. The summed E-state index contributed by atoms with van der Waals surface area (Å²) >= 11 is 0. The highest BCUT2D eigenvalue weighted by atomic mass is 16.7. The molecule has 0 heterocycles. The van der Waals surface area contributed by atoms with Crippen molar-refractivity contribution in [1.82, 2.24) is 0 Å². The Morgan fingerprint density at radius 3 is 1.70 bits per heavy atom. The molecule has 0 radical (unpaired) electrons. The smallest absolute Gasteiger partial charge is 0.230 e. The number of benzene rings is 2. The maximum atomic E-state index is 5.66. The molecule has 27 heavy (non-hydrogen) atoms. The second-order valence-corrected chi connectivity index (χ2v) is 6.62. The molecule has 0 aliphatic heterocycles.